The largest absolute Gasteiger partial charge is 0.292 e. The summed E-state index contributed by atoms with van der Waals surface area (Å²) in [4.78, 5) is 11.6. The van der Waals surface area contributed by atoms with E-state index in [2.05, 4.69) is 0 Å². The van der Waals surface area contributed by atoms with Crippen LogP contribution in [0.4, 0.5) is 8.78 Å². The molecule has 0 saturated carbocycles. The van der Waals surface area contributed by atoms with E-state index in [1.165, 1.54) is 13.8 Å². The Hall–Kier alpha value is -1.76. The Morgan fingerprint density at radius 1 is 1.40 bits per heavy atom. The normalized spacial score (nSPS) is 10.9. The summed E-state index contributed by atoms with van der Waals surface area (Å²) in [5.74, 6) is -2.24. The summed E-state index contributed by atoms with van der Waals surface area (Å²) in [6.07, 6.45) is 0. The molecule has 0 amide bonds. The molecule has 0 aliphatic carbocycles. The van der Waals surface area contributed by atoms with Crippen molar-refractivity contribution in [3.63, 3.8) is 0 Å². The average Bonchev–Trinajstić information content (AvgIpc) is 2.20. The lowest BCUT2D eigenvalue weighted by Crippen LogP contribution is -2.23. The van der Waals surface area contributed by atoms with E-state index in [9.17, 15) is 13.6 Å². The van der Waals surface area contributed by atoms with Gasteiger partial charge in [0.1, 0.15) is 17.0 Å². The van der Waals surface area contributed by atoms with Gasteiger partial charge in [-0.15, -0.1) is 0 Å². The highest BCUT2D eigenvalue weighted by molar-refractivity contribution is 6.01. The zero-order chi connectivity index (χ0) is 11.6. The highest BCUT2D eigenvalue weighted by Gasteiger charge is 2.30. The fourth-order valence-corrected chi connectivity index (χ4v) is 1.06. The van der Waals surface area contributed by atoms with E-state index < -0.39 is 22.8 Å². The van der Waals surface area contributed by atoms with Crippen LogP contribution in [0.5, 0.6) is 0 Å². The second-order valence-corrected chi connectivity index (χ2v) is 3.69. The molecule has 0 aromatic heterocycles. The highest BCUT2D eigenvalue weighted by atomic mass is 19.1. The van der Waals surface area contributed by atoms with Crippen molar-refractivity contribution in [2.75, 3.05) is 0 Å². The second-order valence-electron chi connectivity index (χ2n) is 3.69. The van der Waals surface area contributed by atoms with Gasteiger partial charge in [0.15, 0.2) is 5.78 Å². The van der Waals surface area contributed by atoms with Gasteiger partial charge in [0.25, 0.3) is 0 Å². The SMILES string of the molecule is CC(C)(C#N)C(=O)c1cc(F)ccc1F. The van der Waals surface area contributed by atoms with Crippen LogP contribution in [0.1, 0.15) is 24.2 Å². The number of nitrogens with zero attached hydrogens (tertiary/aromatic N) is 1. The number of rotatable bonds is 2. The van der Waals surface area contributed by atoms with Crippen molar-refractivity contribution in [1.82, 2.24) is 0 Å². The third kappa shape index (κ3) is 2.18. The summed E-state index contributed by atoms with van der Waals surface area (Å²) >= 11 is 0. The van der Waals surface area contributed by atoms with Crippen LogP contribution in [0.15, 0.2) is 18.2 Å². The molecule has 1 aromatic carbocycles. The van der Waals surface area contributed by atoms with E-state index in [0.717, 1.165) is 18.2 Å². The highest BCUT2D eigenvalue weighted by Crippen LogP contribution is 2.23. The number of ketones is 1. The van der Waals surface area contributed by atoms with Gasteiger partial charge in [0, 0.05) is 0 Å². The van der Waals surface area contributed by atoms with Crippen molar-refractivity contribution < 1.29 is 13.6 Å². The first-order chi connectivity index (χ1) is 6.88. The van der Waals surface area contributed by atoms with Gasteiger partial charge in [0.2, 0.25) is 0 Å². The molecule has 1 aromatic rings. The number of carbonyl (C=O) groups excluding carboxylic acids is 1. The third-order valence-corrected chi connectivity index (χ3v) is 2.02. The number of nitriles is 1. The maximum Gasteiger partial charge on any atom is 0.185 e. The fourth-order valence-electron chi connectivity index (χ4n) is 1.06. The van der Waals surface area contributed by atoms with Crippen molar-refractivity contribution in [2.45, 2.75) is 13.8 Å². The van der Waals surface area contributed by atoms with Gasteiger partial charge in [-0.1, -0.05) is 0 Å². The Kier molecular flexibility index (Phi) is 2.85. The molecule has 0 bridgehead atoms. The molecule has 0 atom stereocenters. The zero-order valence-electron chi connectivity index (χ0n) is 8.34. The van der Waals surface area contributed by atoms with Crippen LogP contribution in [0.3, 0.4) is 0 Å². The van der Waals surface area contributed by atoms with E-state index in [-0.39, 0.29) is 5.56 Å². The standard InChI is InChI=1S/C11H9F2NO/c1-11(2,6-14)10(15)8-5-7(12)3-4-9(8)13/h3-5H,1-2H3. The quantitative estimate of drug-likeness (QED) is 0.702. The minimum Gasteiger partial charge on any atom is -0.292 e. The van der Waals surface area contributed by atoms with Gasteiger partial charge in [-0.3, -0.25) is 4.79 Å². The average molecular weight is 209 g/mol. The van der Waals surface area contributed by atoms with Gasteiger partial charge in [-0.05, 0) is 32.0 Å². The minimum absolute atomic E-state index is 0.387. The molecular formula is C11H9F2NO. The molecule has 2 nitrogen and oxygen atoms in total. The summed E-state index contributed by atoms with van der Waals surface area (Å²) < 4.78 is 26.0. The molecular weight excluding hydrogens is 200 g/mol. The van der Waals surface area contributed by atoms with Crippen LogP contribution in [-0.4, -0.2) is 5.78 Å². The molecule has 0 radical (unpaired) electrons. The number of benzene rings is 1. The Balaban J connectivity index is 3.24. The second kappa shape index (κ2) is 3.77. The molecule has 0 aliphatic rings. The van der Waals surface area contributed by atoms with E-state index >= 15 is 0 Å². The van der Waals surface area contributed by atoms with E-state index in [4.69, 9.17) is 5.26 Å². The molecule has 0 aliphatic heterocycles. The molecule has 0 spiro atoms. The van der Waals surface area contributed by atoms with E-state index in [1.807, 2.05) is 0 Å². The topological polar surface area (TPSA) is 40.9 Å². The summed E-state index contributed by atoms with van der Waals surface area (Å²) in [5.41, 5.74) is -1.74. The number of hydrogen-bond acceptors (Lipinski definition) is 2. The predicted octanol–water partition coefficient (Wildman–Crippen LogP) is 2.70. The molecule has 15 heavy (non-hydrogen) atoms. The van der Waals surface area contributed by atoms with Crippen LogP contribution in [0, 0.1) is 28.4 Å². The van der Waals surface area contributed by atoms with Crippen LogP contribution in [0.2, 0.25) is 0 Å². The van der Waals surface area contributed by atoms with Gasteiger partial charge in [-0.25, -0.2) is 8.78 Å². The lowest BCUT2D eigenvalue weighted by molar-refractivity contribution is 0.0887. The summed E-state index contributed by atoms with van der Waals surface area (Å²) in [5, 5.41) is 8.70. The lowest BCUT2D eigenvalue weighted by atomic mass is 9.86. The Bertz CT molecular complexity index is 446. The van der Waals surface area contributed by atoms with Crippen molar-refractivity contribution in [1.29, 1.82) is 5.26 Å². The predicted molar refractivity (Wildman–Crippen MR) is 50.1 cm³/mol. The van der Waals surface area contributed by atoms with Crippen molar-refractivity contribution in [3.8, 4) is 6.07 Å². The van der Waals surface area contributed by atoms with Crippen LogP contribution >= 0.6 is 0 Å². The van der Waals surface area contributed by atoms with Crippen molar-refractivity contribution in [2.24, 2.45) is 5.41 Å². The monoisotopic (exact) mass is 209 g/mol. The summed E-state index contributed by atoms with van der Waals surface area (Å²) in [6.45, 7) is 2.72. The van der Waals surface area contributed by atoms with Crippen molar-refractivity contribution in [3.05, 3.63) is 35.4 Å². The van der Waals surface area contributed by atoms with E-state index in [0.29, 0.717) is 0 Å². The first-order valence-electron chi connectivity index (χ1n) is 4.29. The molecule has 78 valence electrons. The molecule has 0 saturated heterocycles. The summed E-state index contributed by atoms with van der Waals surface area (Å²) in [6, 6.07) is 4.34. The van der Waals surface area contributed by atoms with Gasteiger partial charge in [-0.2, -0.15) is 5.26 Å². The fraction of sp³-hybridized carbons (Fsp3) is 0.273. The molecule has 4 heteroatoms. The number of halogens is 2. The third-order valence-electron chi connectivity index (χ3n) is 2.02. The van der Waals surface area contributed by atoms with Crippen LogP contribution < -0.4 is 0 Å². The lowest BCUT2D eigenvalue weighted by Gasteiger charge is -2.13. The van der Waals surface area contributed by atoms with Gasteiger partial charge in [0.05, 0.1) is 11.6 Å². The Morgan fingerprint density at radius 2 is 2.00 bits per heavy atom. The maximum atomic E-state index is 13.2. The first kappa shape index (κ1) is 11.3. The Labute approximate surface area is 86.1 Å². The molecule has 0 heterocycles. The smallest absolute Gasteiger partial charge is 0.185 e. The zero-order valence-corrected chi connectivity index (χ0v) is 8.34. The van der Waals surface area contributed by atoms with Gasteiger partial charge < -0.3 is 0 Å². The maximum absolute atomic E-state index is 13.2. The van der Waals surface area contributed by atoms with E-state index in [1.54, 1.807) is 6.07 Å². The Morgan fingerprint density at radius 3 is 2.53 bits per heavy atom. The first-order valence-corrected chi connectivity index (χ1v) is 4.29. The van der Waals surface area contributed by atoms with Gasteiger partial charge >= 0.3 is 0 Å². The molecule has 1 rings (SSSR count). The van der Waals surface area contributed by atoms with Crippen LogP contribution in [-0.2, 0) is 0 Å². The number of Topliss-reactive ketones (excluding diaryl/α,β-unsaturated/α-hetero) is 1. The van der Waals surface area contributed by atoms with Crippen molar-refractivity contribution >= 4 is 5.78 Å². The molecule has 0 N–H and O–H groups in total. The molecule has 0 unspecified atom stereocenters. The number of hydrogen-bond donors (Lipinski definition) is 0. The summed E-state index contributed by atoms with van der Waals surface area (Å²) in [7, 11) is 0. The molecule has 0 fully saturated rings. The number of carbonyl (C=O) groups is 1. The van der Waals surface area contributed by atoms with Crippen LogP contribution in [0.25, 0.3) is 0 Å². The minimum atomic E-state index is -1.35.